The second kappa shape index (κ2) is 8.22. The summed E-state index contributed by atoms with van der Waals surface area (Å²) in [6, 6.07) is 19.0. The first-order valence-corrected chi connectivity index (χ1v) is 9.66. The number of aromatic nitrogens is 3. The summed E-state index contributed by atoms with van der Waals surface area (Å²) in [7, 11) is 0. The Morgan fingerprint density at radius 2 is 1.69 bits per heavy atom. The zero-order chi connectivity index (χ0) is 20.2. The van der Waals surface area contributed by atoms with Crippen LogP contribution in [0.1, 0.15) is 35.7 Å². The second-order valence-electron chi connectivity index (χ2n) is 6.92. The lowest BCUT2D eigenvalue weighted by Gasteiger charge is -2.04. The van der Waals surface area contributed by atoms with Crippen molar-refractivity contribution in [2.75, 3.05) is 5.32 Å². The lowest BCUT2D eigenvalue weighted by atomic mass is 10.1. The molecule has 0 bridgehead atoms. The fraction of sp³-hybridized carbons (Fsp3) is 0.174. The number of anilines is 1. The van der Waals surface area contributed by atoms with Crippen molar-refractivity contribution in [2.45, 2.75) is 26.2 Å². The summed E-state index contributed by atoms with van der Waals surface area (Å²) in [6.45, 7) is 2.18. The number of fused-ring (bicyclic) bond motifs is 1. The maximum Gasteiger partial charge on any atom is 0.255 e. The van der Waals surface area contributed by atoms with Gasteiger partial charge in [0.1, 0.15) is 16.9 Å². The van der Waals surface area contributed by atoms with Crippen molar-refractivity contribution in [3.8, 4) is 5.69 Å². The Labute approximate surface area is 168 Å². The first-order valence-electron chi connectivity index (χ1n) is 9.66. The van der Waals surface area contributed by atoms with Crippen LogP contribution in [0.5, 0.6) is 0 Å². The number of halogens is 1. The largest absolute Gasteiger partial charge is 0.322 e. The number of amides is 1. The van der Waals surface area contributed by atoms with Crippen molar-refractivity contribution >= 4 is 22.6 Å². The van der Waals surface area contributed by atoms with Gasteiger partial charge in [-0.15, -0.1) is 10.2 Å². The molecule has 0 saturated heterocycles. The van der Waals surface area contributed by atoms with Gasteiger partial charge in [-0.25, -0.2) is 4.39 Å². The van der Waals surface area contributed by atoms with Crippen molar-refractivity contribution in [1.29, 1.82) is 0 Å². The maximum atomic E-state index is 13.0. The van der Waals surface area contributed by atoms with Gasteiger partial charge in [0.2, 0.25) is 0 Å². The van der Waals surface area contributed by atoms with E-state index in [-0.39, 0.29) is 11.7 Å². The lowest BCUT2D eigenvalue weighted by Crippen LogP contribution is -2.11. The number of carbonyl (C=O) groups excluding carboxylic acids is 1. The van der Waals surface area contributed by atoms with E-state index >= 15 is 0 Å². The van der Waals surface area contributed by atoms with Crippen molar-refractivity contribution in [3.05, 3.63) is 83.7 Å². The Bertz CT molecular complexity index is 1130. The Hall–Kier alpha value is -3.54. The highest BCUT2D eigenvalue weighted by atomic mass is 19.1. The van der Waals surface area contributed by atoms with Crippen molar-refractivity contribution < 1.29 is 9.18 Å². The molecule has 6 heteroatoms. The monoisotopic (exact) mass is 388 g/mol. The Morgan fingerprint density at radius 1 is 0.966 bits per heavy atom. The van der Waals surface area contributed by atoms with Gasteiger partial charge in [-0.2, -0.15) is 4.80 Å². The molecule has 5 nitrogen and oxygen atoms in total. The molecule has 0 unspecified atom stereocenters. The first-order chi connectivity index (χ1) is 14.1. The molecule has 3 aromatic carbocycles. The number of aryl methyl sites for hydroxylation is 1. The molecule has 1 aromatic heterocycles. The summed E-state index contributed by atoms with van der Waals surface area (Å²) in [5.41, 5.74) is 4.60. The van der Waals surface area contributed by atoms with Gasteiger partial charge < -0.3 is 5.32 Å². The predicted octanol–water partition coefficient (Wildman–Crippen LogP) is 5.15. The SMILES string of the molecule is CCCCc1ccc(-n2nc3ccc(NC(=O)c4ccc(F)cc4)cc3n2)cc1. The smallest absolute Gasteiger partial charge is 0.255 e. The van der Waals surface area contributed by atoms with E-state index in [9.17, 15) is 9.18 Å². The van der Waals surface area contributed by atoms with E-state index in [1.807, 2.05) is 18.2 Å². The molecule has 1 amide bonds. The van der Waals surface area contributed by atoms with E-state index in [2.05, 4.69) is 34.6 Å². The highest BCUT2D eigenvalue weighted by molar-refractivity contribution is 6.04. The fourth-order valence-electron chi connectivity index (χ4n) is 3.09. The normalized spacial score (nSPS) is 11.0. The van der Waals surface area contributed by atoms with Crippen LogP contribution in [-0.4, -0.2) is 20.9 Å². The van der Waals surface area contributed by atoms with E-state index in [0.717, 1.165) is 17.6 Å². The van der Waals surface area contributed by atoms with Crippen LogP contribution in [0.2, 0.25) is 0 Å². The molecule has 0 aliphatic carbocycles. The molecular weight excluding hydrogens is 367 g/mol. The van der Waals surface area contributed by atoms with Crippen molar-refractivity contribution in [2.24, 2.45) is 0 Å². The van der Waals surface area contributed by atoms with Crippen LogP contribution in [0.15, 0.2) is 66.7 Å². The third kappa shape index (κ3) is 4.32. The molecule has 146 valence electrons. The Morgan fingerprint density at radius 3 is 2.41 bits per heavy atom. The minimum absolute atomic E-state index is 0.306. The average molecular weight is 388 g/mol. The average Bonchev–Trinajstić information content (AvgIpc) is 3.16. The number of hydrogen-bond acceptors (Lipinski definition) is 3. The topological polar surface area (TPSA) is 59.8 Å². The lowest BCUT2D eigenvalue weighted by molar-refractivity contribution is 0.102. The standard InChI is InChI=1S/C23H21FN4O/c1-2-3-4-16-5-12-20(13-6-16)28-26-21-14-11-19(15-22(21)27-28)25-23(29)17-7-9-18(24)10-8-17/h5-15H,2-4H2,1H3,(H,25,29). The van der Waals surface area contributed by atoms with E-state index in [4.69, 9.17) is 0 Å². The Kier molecular flexibility index (Phi) is 5.33. The molecule has 0 radical (unpaired) electrons. The highest BCUT2D eigenvalue weighted by Crippen LogP contribution is 2.19. The molecule has 1 heterocycles. The summed E-state index contributed by atoms with van der Waals surface area (Å²) in [4.78, 5) is 13.9. The second-order valence-corrected chi connectivity index (χ2v) is 6.92. The van der Waals surface area contributed by atoms with E-state index in [1.165, 1.54) is 42.7 Å². The number of hydrogen-bond donors (Lipinski definition) is 1. The molecule has 0 aliphatic rings. The summed E-state index contributed by atoms with van der Waals surface area (Å²) in [5, 5.41) is 11.9. The third-order valence-electron chi connectivity index (χ3n) is 4.73. The number of benzene rings is 3. The Balaban J connectivity index is 1.53. The van der Waals surface area contributed by atoms with Gasteiger partial charge in [0.25, 0.3) is 5.91 Å². The zero-order valence-electron chi connectivity index (χ0n) is 16.1. The van der Waals surface area contributed by atoms with Crippen LogP contribution in [0.4, 0.5) is 10.1 Å². The molecule has 4 aromatic rings. The van der Waals surface area contributed by atoms with Crippen LogP contribution in [-0.2, 0) is 6.42 Å². The third-order valence-corrected chi connectivity index (χ3v) is 4.73. The predicted molar refractivity (Wildman–Crippen MR) is 112 cm³/mol. The molecule has 0 fully saturated rings. The molecule has 0 atom stereocenters. The molecule has 0 aliphatic heterocycles. The van der Waals surface area contributed by atoms with E-state index in [1.54, 1.807) is 16.9 Å². The molecule has 1 N–H and O–H groups in total. The minimum atomic E-state index is -0.377. The van der Waals surface area contributed by atoms with Gasteiger partial charge in [0.15, 0.2) is 0 Å². The van der Waals surface area contributed by atoms with Gasteiger partial charge >= 0.3 is 0 Å². The van der Waals surface area contributed by atoms with Crippen LogP contribution >= 0.6 is 0 Å². The van der Waals surface area contributed by atoms with Crippen molar-refractivity contribution in [1.82, 2.24) is 15.0 Å². The van der Waals surface area contributed by atoms with E-state index < -0.39 is 0 Å². The summed E-state index contributed by atoms with van der Waals surface area (Å²) in [6.07, 6.45) is 3.42. The summed E-state index contributed by atoms with van der Waals surface area (Å²) < 4.78 is 13.0. The van der Waals surface area contributed by atoms with Crippen LogP contribution in [0, 0.1) is 5.82 Å². The number of carbonyl (C=O) groups is 1. The van der Waals surface area contributed by atoms with Gasteiger partial charge in [0, 0.05) is 11.3 Å². The number of nitrogens with one attached hydrogen (secondary N) is 1. The van der Waals surface area contributed by atoms with Gasteiger partial charge in [-0.05, 0) is 73.0 Å². The summed E-state index contributed by atoms with van der Waals surface area (Å²) >= 11 is 0. The number of rotatable bonds is 6. The van der Waals surface area contributed by atoms with Crippen LogP contribution < -0.4 is 5.32 Å². The fourth-order valence-corrected chi connectivity index (χ4v) is 3.09. The molecule has 4 rings (SSSR count). The first kappa shape index (κ1) is 18.8. The van der Waals surface area contributed by atoms with Gasteiger partial charge in [-0.3, -0.25) is 4.79 Å². The van der Waals surface area contributed by atoms with E-state index in [0.29, 0.717) is 16.8 Å². The quantitative estimate of drug-likeness (QED) is 0.497. The van der Waals surface area contributed by atoms with Gasteiger partial charge in [0.05, 0.1) is 5.69 Å². The minimum Gasteiger partial charge on any atom is -0.322 e. The number of nitrogens with zero attached hydrogens (tertiary/aromatic N) is 3. The molecular formula is C23H21FN4O. The molecule has 0 spiro atoms. The van der Waals surface area contributed by atoms with Crippen LogP contribution in [0.25, 0.3) is 16.7 Å². The number of unbranched alkanes of at least 4 members (excludes halogenated alkanes) is 1. The molecule has 0 saturated carbocycles. The zero-order valence-corrected chi connectivity index (χ0v) is 16.1. The highest BCUT2D eigenvalue weighted by Gasteiger charge is 2.09. The maximum absolute atomic E-state index is 13.0. The van der Waals surface area contributed by atoms with Crippen molar-refractivity contribution in [3.63, 3.8) is 0 Å². The van der Waals surface area contributed by atoms with Gasteiger partial charge in [-0.1, -0.05) is 25.5 Å². The molecule has 29 heavy (non-hydrogen) atoms. The summed E-state index contributed by atoms with van der Waals surface area (Å²) in [5.74, 6) is -0.683. The van der Waals surface area contributed by atoms with Crippen LogP contribution in [0.3, 0.4) is 0 Å².